The highest BCUT2D eigenvalue weighted by molar-refractivity contribution is 7.13. The highest BCUT2D eigenvalue weighted by atomic mass is 32.1. The van der Waals surface area contributed by atoms with Crippen molar-refractivity contribution in [2.45, 2.75) is 32.7 Å². The van der Waals surface area contributed by atoms with Gasteiger partial charge in [-0.05, 0) is 32.9 Å². The fraction of sp³-hybridized carbons (Fsp3) is 0.438. The molecule has 0 bridgehead atoms. The molecule has 0 unspecified atom stereocenters. The van der Waals surface area contributed by atoms with E-state index in [4.69, 9.17) is 4.98 Å². The number of hydrogen-bond donors (Lipinski definition) is 0. The lowest BCUT2D eigenvalue weighted by Crippen LogP contribution is -2.29. The molecular formula is C16H20N2S. The predicted octanol–water partition coefficient (Wildman–Crippen LogP) is 4.10. The number of benzene rings is 1. The van der Waals surface area contributed by atoms with E-state index in [1.807, 2.05) is 0 Å². The molecule has 3 rings (SSSR count). The number of piperidine rings is 1. The van der Waals surface area contributed by atoms with Crippen molar-refractivity contribution in [2.75, 3.05) is 13.1 Å². The van der Waals surface area contributed by atoms with E-state index in [1.54, 1.807) is 11.3 Å². The van der Waals surface area contributed by atoms with Gasteiger partial charge in [0.05, 0.1) is 5.69 Å². The highest BCUT2D eigenvalue weighted by Gasteiger charge is 2.12. The summed E-state index contributed by atoms with van der Waals surface area (Å²) in [5.41, 5.74) is 3.76. The van der Waals surface area contributed by atoms with E-state index >= 15 is 0 Å². The van der Waals surface area contributed by atoms with Crippen LogP contribution >= 0.6 is 11.3 Å². The van der Waals surface area contributed by atoms with Gasteiger partial charge in [0.25, 0.3) is 0 Å². The molecule has 0 N–H and O–H groups in total. The number of likely N-dealkylation sites (tertiary alicyclic amines) is 1. The maximum absolute atomic E-state index is 4.78. The van der Waals surface area contributed by atoms with Gasteiger partial charge in [0.1, 0.15) is 5.01 Å². The van der Waals surface area contributed by atoms with Gasteiger partial charge < -0.3 is 0 Å². The van der Waals surface area contributed by atoms with Gasteiger partial charge in [0.15, 0.2) is 0 Å². The molecule has 2 heterocycles. The van der Waals surface area contributed by atoms with E-state index in [0.717, 1.165) is 11.6 Å². The van der Waals surface area contributed by atoms with Crippen molar-refractivity contribution in [3.63, 3.8) is 0 Å². The largest absolute Gasteiger partial charge is 0.297 e. The second-order valence-corrected chi connectivity index (χ2v) is 6.20. The van der Waals surface area contributed by atoms with Gasteiger partial charge in [-0.3, -0.25) is 4.90 Å². The van der Waals surface area contributed by atoms with Crippen molar-refractivity contribution in [2.24, 2.45) is 0 Å². The van der Waals surface area contributed by atoms with E-state index in [9.17, 15) is 0 Å². The molecule has 1 aromatic carbocycles. The first-order valence-electron chi connectivity index (χ1n) is 7.05. The molecule has 100 valence electrons. The van der Waals surface area contributed by atoms with Crippen LogP contribution in [0.2, 0.25) is 0 Å². The molecule has 2 nitrogen and oxygen atoms in total. The average Bonchev–Trinajstić information content (AvgIpc) is 2.89. The molecule has 1 fully saturated rings. The maximum atomic E-state index is 4.78. The van der Waals surface area contributed by atoms with Gasteiger partial charge in [0, 0.05) is 17.5 Å². The number of thiazole rings is 1. The average molecular weight is 272 g/mol. The third kappa shape index (κ3) is 3.23. The van der Waals surface area contributed by atoms with Gasteiger partial charge in [0.2, 0.25) is 0 Å². The summed E-state index contributed by atoms with van der Waals surface area (Å²) in [7, 11) is 0. The van der Waals surface area contributed by atoms with Crippen molar-refractivity contribution in [3.8, 4) is 10.6 Å². The summed E-state index contributed by atoms with van der Waals surface area (Å²) < 4.78 is 0. The summed E-state index contributed by atoms with van der Waals surface area (Å²) in [6.07, 6.45) is 4.08. The third-order valence-corrected chi connectivity index (χ3v) is 4.62. The van der Waals surface area contributed by atoms with E-state index in [-0.39, 0.29) is 0 Å². The van der Waals surface area contributed by atoms with Crippen LogP contribution in [0.15, 0.2) is 29.6 Å². The number of hydrogen-bond acceptors (Lipinski definition) is 3. The van der Waals surface area contributed by atoms with E-state index in [0.29, 0.717) is 0 Å². The lowest BCUT2D eigenvalue weighted by molar-refractivity contribution is 0.219. The Balaban J connectivity index is 1.70. The zero-order chi connectivity index (χ0) is 13.1. The Hall–Kier alpha value is -1.19. The minimum Gasteiger partial charge on any atom is -0.297 e. The lowest BCUT2D eigenvalue weighted by Gasteiger charge is -2.25. The Morgan fingerprint density at radius 3 is 2.58 bits per heavy atom. The smallest absolute Gasteiger partial charge is 0.123 e. The number of aromatic nitrogens is 1. The molecule has 0 saturated carbocycles. The minimum atomic E-state index is 1.02. The Morgan fingerprint density at radius 2 is 1.84 bits per heavy atom. The molecule has 0 radical (unpaired) electrons. The quantitative estimate of drug-likeness (QED) is 0.836. The van der Waals surface area contributed by atoms with Crippen molar-refractivity contribution < 1.29 is 0 Å². The molecule has 2 aromatic rings. The Labute approximate surface area is 119 Å². The molecule has 0 amide bonds. The second-order valence-electron chi connectivity index (χ2n) is 5.35. The summed E-state index contributed by atoms with van der Waals surface area (Å²) in [6, 6.07) is 8.64. The zero-order valence-electron chi connectivity index (χ0n) is 11.4. The lowest BCUT2D eigenvalue weighted by atomic mass is 10.1. The van der Waals surface area contributed by atoms with Crippen LogP contribution < -0.4 is 0 Å². The standard InChI is InChI=1S/C16H20N2S/c1-13-5-7-14(8-6-13)16-17-15(12-19-16)11-18-9-3-2-4-10-18/h5-8,12H,2-4,9-11H2,1H3. The first-order valence-corrected chi connectivity index (χ1v) is 7.93. The Kier molecular flexibility index (Phi) is 3.95. The fourth-order valence-electron chi connectivity index (χ4n) is 2.55. The van der Waals surface area contributed by atoms with Crippen LogP contribution in [0, 0.1) is 6.92 Å². The molecule has 0 atom stereocenters. The van der Waals surface area contributed by atoms with Crippen LogP contribution in [0.5, 0.6) is 0 Å². The first-order chi connectivity index (χ1) is 9.31. The van der Waals surface area contributed by atoms with E-state index < -0.39 is 0 Å². The summed E-state index contributed by atoms with van der Waals surface area (Å²) in [5.74, 6) is 0. The molecule has 3 heteroatoms. The summed E-state index contributed by atoms with van der Waals surface area (Å²) in [5, 5.41) is 3.36. The predicted molar refractivity (Wildman–Crippen MR) is 81.4 cm³/mol. The van der Waals surface area contributed by atoms with Crippen LogP contribution in [-0.2, 0) is 6.54 Å². The zero-order valence-corrected chi connectivity index (χ0v) is 12.2. The van der Waals surface area contributed by atoms with Gasteiger partial charge in [-0.1, -0.05) is 36.2 Å². The Bertz CT molecular complexity index is 524. The molecule has 1 aromatic heterocycles. The van der Waals surface area contributed by atoms with Crippen LogP contribution in [0.25, 0.3) is 10.6 Å². The summed E-state index contributed by atoms with van der Waals surface area (Å²) in [6.45, 7) is 5.60. The molecule has 0 spiro atoms. The van der Waals surface area contributed by atoms with Crippen molar-refractivity contribution in [1.82, 2.24) is 9.88 Å². The number of nitrogens with zero attached hydrogens (tertiary/aromatic N) is 2. The molecular weight excluding hydrogens is 252 g/mol. The van der Waals surface area contributed by atoms with Crippen LogP contribution in [0.1, 0.15) is 30.5 Å². The summed E-state index contributed by atoms with van der Waals surface area (Å²) >= 11 is 1.76. The maximum Gasteiger partial charge on any atom is 0.123 e. The van der Waals surface area contributed by atoms with E-state index in [1.165, 1.54) is 49.2 Å². The highest BCUT2D eigenvalue weighted by Crippen LogP contribution is 2.25. The monoisotopic (exact) mass is 272 g/mol. The van der Waals surface area contributed by atoms with Gasteiger partial charge in [-0.25, -0.2) is 4.98 Å². The van der Waals surface area contributed by atoms with Gasteiger partial charge >= 0.3 is 0 Å². The third-order valence-electron chi connectivity index (χ3n) is 3.68. The van der Waals surface area contributed by atoms with Crippen molar-refractivity contribution in [1.29, 1.82) is 0 Å². The Morgan fingerprint density at radius 1 is 1.11 bits per heavy atom. The normalized spacial score (nSPS) is 16.7. The SMILES string of the molecule is Cc1ccc(-c2nc(CN3CCCCC3)cs2)cc1. The molecule has 19 heavy (non-hydrogen) atoms. The van der Waals surface area contributed by atoms with Crippen molar-refractivity contribution in [3.05, 3.63) is 40.9 Å². The van der Waals surface area contributed by atoms with Crippen LogP contribution in [-0.4, -0.2) is 23.0 Å². The molecule has 1 aliphatic rings. The molecule has 1 saturated heterocycles. The molecule has 1 aliphatic heterocycles. The van der Waals surface area contributed by atoms with Crippen LogP contribution in [0.3, 0.4) is 0 Å². The number of rotatable bonds is 3. The molecule has 0 aliphatic carbocycles. The van der Waals surface area contributed by atoms with Crippen LogP contribution in [0.4, 0.5) is 0 Å². The van der Waals surface area contributed by atoms with E-state index in [2.05, 4.69) is 41.5 Å². The second kappa shape index (κ2) is 5.85. The first kappa shape index (κ1) is 12.8. The van der Waals surface area contributed by atoms with Crippen molar-refractivity contribution >= 4 is 11.3 Å². The van der Waals surface area contributed by atoms with Gasteiger partial charge in [-0.2, -0.15) is 0 Å². The fourth-order valence-corrected chi connectivity index (χ4v) is 3.37. The topological polar surface area (TPSA) is 16.1 Å². The minimum absolute atomic E-state index is 1.02. The number of aryl methyl sites for hydroxylation is 1. The summed E-state index contributed by atoms with van der Waals surface area (Å²) in [4.78, 5) is 7.31. The van der Waals surface area contributed by atoms with Gasteiger partial charge in [-0.15, -0.1) is 11.3 Å².